The van der Waals surface area contributed by atoms with Crippen molar-refractivity contribution in [2.24, 2.45) is 0 Å². The zero-order valence-corrected chi connectivity index (χ0v) is 28.7. The third-order valence-corrected chi connectivity index (χ3v) is 9.75. The Kier molecular flexibility index (Phi) is 6.68. The van der Waals surface area contributed by atoms with E-state index in [9.17, 15) is 0 Å². The van der Waals surface area contributed by atoms with Crippen molar-refractivity contribution in [3.8, 4) is 28.7 Å². The van der Waals surface area contributed by atoms with Gasteiger partial charge in [0.15, 0.2) is 0 Å². The van der Waals surface area contributed by atoms with E-state index in [4.69, 9.17) is 9.72 Å². The quantitative estimate of drug-likeness (QED) is 0.186. The highest BCUT2D eigenvalue weighted by atomic mass is 16.5. The fraction of sp³-hybridized carbons (Fsp3) is 0.140. The lowest BCUT2D eigenvalue weighted by atomic mass is 9.86. The number of benzene rings is 5. The highest BCUT2D eigenvalue weighted by molar-refractivity contribution is 6.12. The first-order valence-corrected chi connectivity index (χ1v) is 16.9. The van der Waals surface area contributed by atoms with Gasteiger partial charge in [-0.2, -0.15) is 0 Å². The molecule has 0 aliphatic heterocycles. The van der Waals surface area contributed by atoms with Gasteiger partial charge in [-0.05, 0) is 72.4 Å². The highest BCUT2D eigenvalue weighted by Gasteiger charge is 2.20. The molecule has 4 heterocycles. The Labute approximate surface area is 290 Å². The van der Waals surface area contributed by atoms with E-state index in [1.165, 1.54) is 32.9 Å². The average Bonchev–Trinajstić information content (AvgIpc) is 3.84. The number of rotatable bonds is 5. The molecule has 0 atom stereocenters. The molecule has 9 rings (SSSR count). The number of para-hydroxylation sites is 3. The number of aryl methyl sites for hydroxylation is 2. The first-order chi connectivity index (χ1) is 24.2. The number of nitrogens with zero attached hydrogens (tertiary/aromatic N) is 6. The summed E-state index contributed by atoms with van der Waals surface area (Å²) in [4.78, 5) is 4.98. The lowest BCUT2D eigenvalue weighted by molar-refractivity contribution is 0.478. The molecular formula is C43H36N6O. The van der Waals surface area contributed by atoms with Crippen LogP contribution in [0, 0.1) is 13.8 Å². The average molecular weight is 653 g/mol. The Morgan fingerprint density at radius 2 is 1.30 bits per heavy atom. The second-order valence-electron chi connectivity index (χ2n) is 14.1. The zero-order chi connectivity index (χ0) is 34.1. The molecule has 0 aliphatic carbocycles. The van der Waals surface area contributed by atoms with Crippen LogP contribution in [0.1, 0.15) is 37.5 Å². The van der Waals surface area contributed by atoms with Gasteiger partial charge in [0, 0.05) is 45.9 Å². The van der Waals surface area contributed by atoms with Crippen LogP contribution in [0.15, 0.2) is 128 Å². The molecule has 50 heavy (non-hydrogen) atoms. The third kappa shape index (κ3) is 4.77. The summed E-state index contributed by atoms with van der Waals surface area (Å²) in [5.74, 6) is 2.32. The van der Waals surface area contributed by atoms with Crippen LogP contribution in [0.4, 0.5) is 0 Å². The second kappa shape index (κ2) is 11.2. The van der Waals surface area contributed by atoms with Crippen LogP contribution < -0.4 is 4.74 Å². The van der Waals surface area contributed by atoms with Crippen molar-refractivity contribution >= 4 is 43.6 Å². The van der Waals surface area contributed by atoms with Crippen LogP contribution in [-0.4, -0.2) is 29.1 Å². The largest absolute Gasteiger partial charge is 0.457 e. The molecule has 0 bridgehead atoms. The molecule has 7 nitrogen and oxygen atoms in total. The molecule has 0 saturated carbocycles. The fourth-order valence-corrected chi connectivity index (χ4v) is 7.34. The molecule has 4 aromatic heterocycles. The number of aromatic nitrogens is 6. The zero-order valence-electron chi connectivity index (χ0n) is 28.7. The first kappa shape index (κ1) is 29.9. The fourth-order valence-electron chi connectivity index (χ4n) is 7.34. The van der Waals surface area contributed by atoms with Crippen LogP contribution in [0.2, 0.25) is 0 Å². The summed E-state index contributed by atoms with van der Waals surface area (Å²) < 4.78 is 13.1. The lowest BCUT2D eigenvalue weighted by Crippen LogP contribution is -2.12. The normalized spacial score (nSPS) is 12.1. The Balaban J connectivity index is 1.22. The molecule has 0 spiro atoms. The van der Waals surface area contributed by atoms with Gasteiger partial charge in [0.2, 0.25) is 0 Å². The maximum atomic E-state index is 6.65. The summed E-state index contributed by atoms with van der Waals surface area (Å²) >= 11 is 0. The van der Waals surface area contributed by atoms with E-state index in [2.05, 4.69) is 151 Å². The van der Waals surface area contributed by atoms with Crippen molar-refractivity contribution in [2.45, 2.75) is 40.0 Å². The Morgan fingerprint density at radius 3 is 2.02 bits per heavy atom. The number of ether oxygens (including phenoxy) is 1. The molecule has 0 unspecified atom stereocenters. The smallest absolute Gasteiger partial charge is 0.139 e. The molecule has 244 valence electrons. The predicted molar refractivity (Wildman–Crippen MR) is 203 cm³/mol. The molecular weight excluding hydrogens is 617 g/mol. The van der Waals surface area contributed by atoms with Gasteiger partial charge in [-0.25, -0.2) is 9.67 Å². The summed E-state index contributed by atoms with van der Waals surface area (Å²) in [6.07, 6.45) is 5.45. The predicted octanol–water partition coefficient (Wildman–Crippen LogP) is 10.6. The molecule has 0 radical (unpaired) electrons. The monoisotopic (exact) mass is 652 g/mol. The second-order valence-corrected chi connectivity index (χ2v) is 14.1. The molecule has 9 aromatic rings. The van der Waals surface area contributed by atoms with Gasteiger partial charge in [0.25, 0.3) is 0 Å². The number of hydrogen-bond donors (Lipinski definition) is 0. The maximum Gasteiger partial charge on any atom is 0.139 e. The Hall–Kier alpha value is -6.21. The summed E-state index contributed by atoms with van der Waals surface area (Å²) in [5.41, 5.74) is 10.0. The van der Waals surface area contributed by atoms with E-state index < -0.39 is 0 Å². The summed E-state index contributed by atoms with van der Waals surface area (Å²) in [5, 5.41) is 13.1. The SMILES string of the molecule is Cc1cccc2c3cccc(C)c3n(-c3ccnc(-n4c5ccccc5c5ccc(Oc6cc(-n7ccnn7)cc(C(C)(C)C)c6)cc54)c3)c12. The Morgan fingerprint density at radius 1 is 0.580 bits per heavy atom. The lowest BCUT2D eigenvalue weighted by Gasteiger charge is -2.21. The van der Waals surface area contributed by atoms with Gasteiger partial charge in [0.05, 0.1) is 45.8 Å². The topological polar surface area (TPSA) is 62.7 Å². The van der Waals surface area contributed by atoms with Crippen LogP contribution in [0.5, 0.6) is 11.5 Å². The van der Waals surface area contributed by atoms with Gasteiger partial charge < -0.3 is 9.30 Å². The maximum absolute atomic E-state index is 6.65. The van der Waals surface area contributed by atoms with Crippen LogP contribution in [0.25, 0.3) is 60.8 Å². The van der Waals surface area contributed by atoms with Crippen LogP contribution in [-0.2, 0) is 5.41 Å². The van der Waals surface area contributed by atoms with E-state index >= 15 is 0 Å². The standard InChI is InChI=1S/C43H36N6O/c1-27-10-8-13-36-37-14-9-11-28(2)42(37)48(41(27)36)30-18-19-44-40(25-30)49-38-15-7-6-12-34(38)35-17-16-32(26-39(35)49)50-33-23-29(43(3,4)5)22-31(24-33)47-21-20-45-46-47/h6-26H,1-5H3. The first-order valence-electron chi connectivity index (χ1n) is 16.9. The molecule has 0 aliphatic rings. The van der Waals surface area contributed by atoms with Crippen molar-refractivity contribution in [1.29, 1.82) is 0 Å². The van der Waals surface area contributed by atoms with Crippen LogP contribution in [0.3, 0.4) is 0 Å². The summed E-state index contributed by atoms with van der Waals surface area (Å²) in [6, 6.07) is 38.5. The van der Waals surface area contributed by atoms with Crippen molar-refractivity contribution in [1.82, 2.24) is 29.1 Å². The minimum atomic E-state index is -0.0881. The van der Waals surface area contributed by atoms with Gasteiger partial charge in [-0.3, -0.25) is 4.57 Å². The number of hydrogen-bond acceptors (Lipinski definition) is 4. The van der Waals surface area contributed by atoms with Crippen LogP contribution >= 0.6 is 0 Å². The molecule has 7 heteroatoms. The van der Waals surface area contributed by atoms with E-state index in [1.54, 1.807) is 10.9 Å². The van der Waals surface area contributed by atoms with Crippen molar-refractivity contribution in [2.75, 3.05) is 0 Å². The Bertz CT molecular complexity index is 2680. The van der Waals surface area contributed by atoms with Gasteiger partial charge in [-0.15, -0.1) is 5.10 Å². The molecule has 0 fully saturated rings. The summed E-state index contributed by atoms with van der Waals surface area (Å²) in [7, 11) is 0. The van der Waals surface area contributed by atoms with Crippen molar-refractivity contribution in [3.63, 3.8) is 0 Å². The minimum absolute atomic E-state index is 0.0881. The van der Waals surface area contributed by atoms with Gasteiger partial charge in [-0.1, -0.05) is 80.6 Å². The highest BCUT2D eigenvalue weighted by Crippen LogP contribution is 2.39. The number of pyridine rings is 1. The van der Waals surface area contributed by atoms with Gasteiger partial charge >= 0.3 is 0 Å². The summed E-state index contributed by atoms with van der Waals surface area (Å²) in [6.45, 7) is 11.0. The van der Waals surface area contributed by atoms with E-state index in [1.807, 2.05) is 24.5 Å². The molecule has 0 amide bonds. The molecule has 5 aromatic carbocycles. The number of fused-ring (bicyclic) bond motifs is 6. The third-order valence-electron chi connectivity index (χ3n) is 9.75. The van der Waals surface area contributed by atoms with Crippen molar-refractivity contribution < 1.29 is 4.74 Å². The molecule has 0 N–H and O–H groups in total. The van der Waals surface area contributed by atoms with E-state index in [0.717, 1.165) is 56.1 Å². The van der Waals surface area contributed by atoms with Gasteiger partial charge in [0.1, 0.15) is 17.3 Å². The minimum Gasteiger partial charge on any atom is -0.457 e. The van der Waals surface area contributed by atoms with E-state index in [-0.39, 0.29) is 5.41 Å². The van der Waals surface area contributed by atoms with Crippen molar-refractivity contribution in [3.05, 3.63) is 144 Å². The molecule has 0 saturated heterocycles. The van der Waals surface area contributed by atoms with E-state index in [0.29, 0.717) is 0 Å².